The van der Waals surface area contributed by atoms with Crippen LogP contribution in [0.3, 0.4) is 0 Å². The van der Waals surface area contributed by atoms with Gasteiger partial charge in [0.2, 0.25) is 0 Å². The summed E-state index contributed by atoms with van der Waals surface area (Å²) in [7, 11) is 0. The van der Waals surface area contributed by atoms with E-state index in [9.17, 15) is 19.7 Å². The van der Waals surface area contributed by atoms with Gasteiger partial charge in [-0.1, -0.05) is 67.1 Å². The number of nitro benzene ring substituents is 1. The SMILES string of the molecule is CCc1ccc(C(=O)N2c3c(C)cccc3[C@H](N(C(=O)c3sc4cc([N+](=O)[O-])ccc4c3Cl)c3ccccc3C)C[C@H]2C)cc1. The van der Waals surface area contributed by atoms with Gasteiger partial charge in [0.15, 0.2) is 0 Å². The third-order valence-electron chi connectivity index (χ3n) is 8.63. The molecule has 9 heteroatoms. The average molecular weight is 638 g/mol. The molecule has 0 spiro atoms. The predicted molar refractivity (Wildman–Crippen MR) is 182 cm³/mol. The lowest BCUT2D eigenvalue weighted by atomic mass is 9.87. The van der Waals surface area contributed by atoms with E-state index >= 15 is 0 Å². The summed E-state index contributed by atoms with van der Waals surface area (Å²) >= 11 is 8.00. The average Bonchev–Trinajstić information content (AvgIpc) is 3.37. The molecule has 2 heterocycles. The molecule has 0 unspecified atom stereocenters. The smallest absolute Gasteiger partial charge is 0.270 e. The van der Waals surface area contributed by atoms with Crippen molar-refractivity contribution in [1.29, 1.82) is 0 Å². The first kappa shape index (κ1) is 30.5. The Bertz CT molecular complexity index is 1970. The molecule has 1 aliphatic rings. The van der Waals surface area contributed by atoms with Crippen molar-refractivity contribution in [2.75, 3.05) is 9.80 Å². The molecule has 228 valence electrons. The molecule has 0 N–H and O–H groups in total. The molecule has 5 aromatic rings. The number of anilines is 2. The van der Waals surface area contributed by atoms with Gasteiger partial charge in [-0.05, 0) is 80.1 Å². The van der Waals surface area contributed by atoms with Gasteiger partial charge in [-0.3, -0.25) is 24.6 Å². The number of carbonyl (C=O) groups excluding carboxylic acids is 2. The molecule has 0 saturated heterocycles. The zero-order valence-corrected chi connectivity index (χ0v) is 27.0. The number of halogens is 1. The molecule has 0 radical (unpaired) electrons. The van der Waals surface area contributed by atoms with Crippen LogP contribution in [0.15, 0.2) is 84.9 Å². The summed E-state index contributed by atoms with van der Waals surface area (Å²) in [6, 6.07) is 25.2. The van der Waals surface area contributed by atoms with Crippen LogP contribution in [-0.2, 0) is 6.42 Å². The lowest BCUT2D eigenvalue weighted by Gasteiger charge is -2.44. The summed E-state index contributed by atoms with van der Waals surface area (Å²) in [4.78, 5) is 43.8. The Morgan fingerprint density at radius 1 is 1.00 bits per heavy atom. The Morgan fingerprint density at radius 3 is 2.40 bits per heavy atom. The van der Waals surface area contributed by atoms with Gasteiger partial charge < -0.3 is 4.90 Å². The van der Waals surface area contributed by atoms with Crippen LogP contribution in [0.25, 0.3) is 10.1 Å². The van der Waals surface area contributed by atoms with Crippen LogP contribution in [0.2, 0.25) is 5.02 Å². The van der Waals surface area contributed by atoms with Gasteiger partial charge in [-0.2, -0.15) is 0 Å². The van der Waals surface area contributed by atoms with Gasteiger partial charge in [0.25, 0.3) is 17.5 Å². The standard InChI is InChI=1S/C36H32ClN3O4S/c1-5-24-13-15-25(16-14-24)35(41)38-23(4)19-30(27-11-8-10-22(3)33(27)38)39(29-12-7-6-9-21(29)2)36(42)34-32(37)28-18-17-26(40(43)44)20-31(28)45-34/h6-18,20,23,30H,5,19H2,1-4H3/t23-,30-/m1/s1. The highest BCUT2D eigenvalue weighted by Crippen LogP contribution is 2.47. The van der Waals surface area contributed by atoms with E-state index in [2.05, 4.69) is 6.92 Å². The topological polar surface area (TPSA) is 83.8 Å². The van der Waals surface area contributed by atoms with Crippen molar-refractivity contribution in [3.8, 4) is 0 Å². The molecule has 1 aliphatic heterocycles. The van der Waals surface area contributed by atoms with Gasteiger partial charge >= 0.3 is 0 Å². The number of carbonyl (C=O) groups is 2. The minimum atomic E-state index is -0.456. The van der Waals surface area contributed by atoms with Crippen LogP contribution >= 0.6 is 22.9 Å². The summed E-state index contributed by atoms with van der Waals surface area (Å²) in [5.41, 5.74) is 5.98. The van der Waals surface area contributed by atoms with Crippen LogP contribution in [0.1, 0.15) is 68.6 Å². The third kappa shape index (κ3) is 5.38. The Morgan fingerprint density at radius 2 is 1.71 bits per heavy atom. The minimum Gasteiger partial charge on any atom is -0.305 e. The van der Waals surface area contributed by atoms with E-state index in [4.69, 9.17) is 11.6 Å². The van der Waals surface area contributed by atoms with Crippen LogP contribution in [0.5, 0.6) is 0 Å². The zero-order valence-electron chi connectivity index (χ0n) is 25.4. The summed E-state index contributed by atoms with van der Waals surface area (Å²) < 4.78 is 0.571. The van der Waals surface area contributed by atoms with Crippen molar-refractivity contribution < 1.29 is 14.5 Å². The first-order valence-corrected chi connectivity index (χ1v) is 16.1. The first-order valence-electron chi connectivity index (χ1n) is 14.9. The molecule has 1 aromatic heterocycles. The van der Waals surface area contributed by atoms with E-state index in [0.717, 1.165) is 51.4 Å². The van der Waals surface area contributed by atoms with E-state index in [-0.39, 0.29) is 28.6 Å². The Balaban J connectivity index is 1.50. The second-order valence-electron chi connectivity index (χ2n) is 11.5. The summed E-state index contributed by atoms with van der Waals surface area (Å²) in [6.45, 7) is 8.06. The molecule has 2 atom stereocenters. The Labute approximate surface area is 270 Å². The van der Waals surface area contributed by atoms with Crippen molar-refractivity contribution in [3.63, 3.8) is 0 Å². The van der Waals surface area contributed by atoms with Crippen molar-refractivity contribution in [1.82, 2.24) is 0 Å². The van der Waals surface area contributed by atoms with Gasteiger partial charge in [0, 0.05) is 39.5 Å². The van der Waals surface area contributed by atoms with E-state index in [1.165, 1.54) is 12.1 Å². The lowest BCUT2D eigenvalue weighted by molar-refractivity contribution is -0.384. The maximum atomic E-state index is 14.7. The summed E-state index contributed by atoms with van der Waals surface area (Å²) in [6.07, 6.45) is 1.38. The van der Waals surface area contributed by atoms with Gasteiger partial charge in [0.1, 0.15) is 4.88 Å². The molecular formula is C36H32ClN3O4S. The number of rotatable bonds is 6. The molecule has 0 bridgehead atoms. The van der Waals surface area contributed by atoms with Crippen molar-refractivity contribution in [3.05, 3.63) is 133 Å². The molecule has 6 rings (SSSR count). The number of hydrogen-bond donors (Lipinski definition) is 0. The number of benzene rings is 4. The number of non-ortho nitro benzene ring substituents is 1. The fourth-order valence-corrected chi connectivity index (χ4v) is 7.77. The monoisotopic (exact) mass is 637 g/mol. The normalized spacial score (nSPS) is 16.0. The fraction of sp³-hybridized carbons (Fsp3) is 0.222. The van der Waals surface area contributed by atoms with E-state index in [0.29, 0.717) is 26.9 Å². The number of hydrogen-bond acceptors (Lipinski definition) is 5. The zero-order chi connectivity index (χ0) is 32.0. The van der Waals surface area contributed by atoms with Gasteiger partial charge in [0.05, 0.1) is 21.7 Å². The highest BCUT2D eigenvalue weighted by molar-refractivity contribution is 7.21. The Kier molecular flexibility index (Phi) is 8.20. The highest BCUT2D eigenvalue weighted by Gasteiger charge is 2.41. The van der Waals surface area contributed by atoms with Gasteiger partial charge in [-0.25, -0.2) is 0 Å². The number of thiophene rings is 1. The number of nitrogens with zero attached hydrogens (tertiary/aromatic N) is 3. The van der Waals surface area contributed by atoms with E-state index in [1.807, 2.05) is 92.4 Å². The van der Waals surface area contributed by atoms with Crippen LogP contribution < -0.4 is 9.80 Å². The molecule has 45 heavy (non-hydrogen) atoms. The minimum absolute atomic E-state index is 0.0604. The highest BCUT2D eigenvalue weighted by atomic mass is 35.5. The number of amides is 2. The maximum absolute atomic E-state index is 14.7. The van der Waals surface area contributed by atoms with Crippen molar-refractivity contribution >= 4 is 61.9 Å². The second-order valence-corrected chi connectivity index (χ2v) is 12.9. The van der Waals surface area contributed by atoms with Crippen molar-refractivity contribution in [2.45, 2.75) is 52.6 Å². The first-order chi connectivity index (χ1) is 21.6. The molecule has 7 nitrogen and oxygen atoms in total. The Hall–Kier alpha value is -4.53. The summed E-state index contributed by atoms with van der Waals surface area (Å²) in [5, 5.41) is 12.3. The predicted octanol–water partition coefficient (Wildman–Crippen LogP) is 9.47. The maximum Gasteiger partial charge on any atom is 0.270 e. The largest absolute Gasteiger partial charge is 0.305 e. The second kappa shape index (κ2) is 12.1. The van der Waals surface area contributed by atoms with Crippen LogP contribution in [-0.4, -0.2) is 22.8 Å². The third-order valence-corrected chi connectivity index (χ3v) is 10.3. The van der Waals surface area contributed by atoms with E-state index in [1.54, 1.807) is 11.0 Å². The van der Waals surface area contributed by atoms with Gasteiger partial charge in [-0.15, -0.1) is 11.3 Å². The van der Waals surface area contributed by atoms with Crippen molar-refractivity contribution in [2.24, 2.45) is 0 Å². The number of fused-ring (bicyclic) bond motifs is 2. The molecule has 0 aliphatic carbocycles. The molecule has 0 saturated carbocycles. The summed E-state index contributed by atoms with van der Waals surface area (Å²) in [5.74, 6) is -0.375. The molecular weight excluding hydrogens is 606 g/mol. The quantitative estimate of drug-likeness (QED) is 0.137. The lowest BCUT2D eigenvalue weighted by Crippen LogP contribution is -2.48. The number of para-hydroxylation sites is 2. The molecule has 4 aromatic carbocycles. The fourth-order valence-electron chi connectivity index (χ4n) is 6.29. The van der Waals surface area contributed by atoms with Crippen LogP contribution in [0, 0.1) is 24.0 Å². The molecule has 0 fully saturated rings. The number of aryl methyl sites for hydroxylation is 3. The van der Waals surface area contributed by atoms with E-state index < -0.39 is 11.0 Å². The number of nitro groups is 1. The van der Waals surface area contributed by atoms with Crippen LogP contribution in [0.4, 0.5) is 17.1 Å². The molecule has 2 amide bonds.